The third-order valence-electron chi connectivity index (χ3n) is 4.81. The number of piperazine rings is 1. The van der Waals surface area contributed by atoms with Crippen molar-refractivity contribution in [2.45, 2.75) is 72.0 Å². The van der Waals surface area contributed by atoms with Gasteiger partial charge in [-0.25, -0.2) is 0 Å². The Labute approximate surface area is 107 Å². The minimum Gasteiger partial charge on any atom is -0.311 e. The van der Waals surface area contributed by atoms with Crippen molar-refractivity contribution in [2.24, 2.45) is 11.3 Å². The van der Waals surface area contributed by atoms with Crippen molar-refractivity contribution in [3.8, 4) is 0 Å². The first kappa shape index (κ1) is 13.4. The van der Waals surface area contributed by atoms with Crippen LogP contribution in [0, 0.1) is 11.3 Å². The molecule has 17 heavy (non-hydrogen) atoms. The lowest BCUT2D eigenvalue weighted by Gasteiger charge is -2.45. The summed E-state index contributed by atoms with van der Waals surface area (Å²) in [5, 5.41) is 3.76. The van der Waals surface area contributed by atoms with E-state index in [1.807, 2.05) is 0 Å². The van der Waals surface area contributed by atoms with E-state index >= 15 is 0 Å². The molecule has 4 unspecified atom stereocenters. The maximum absolute atomic E-state index is 3.76. The molecule has 2 nitrogen and oxygen atoms in total. The van der Waals surface area contributed by atoms with Gasteiger partial charge < -0.3 is 5.32 Å². The van der Waals surface area contributed by atoms with Crippen molar-refractivity contribution in [1.29, 1.82) is 0 Å². The highest BCUT2D eigenvalue weighted by Crippen LogP contribution is 2.41. The molecular weight excluding hydrogens is 208 g/mol. The van der Waals surface area contributed by atoms with E-state index in [9.17, 15) is 0 Å². The Morgan fingerprint density at radius 1 is 1.18 bits per heavy atom. The minimum atomic E-state index is 0.383. The van der Waals surface area contributed by atoms with Crippen molar-refractivity contribution < 1.29 is 0 Å². The zero-order valence-electron chi connectivity index (χ0n) is 12.3. The molecule has 0 radical (unpaired) electrons. The molecule has 2 fully saturated rings. The number of rotatable bonds is 3. The quantitative estimate of drug-likeness (QED) is 0.813. The lowest BCUT2D eigenvalue weighted by Crippen LogP contribution is -2.60. The molecule has 1 N–H and O–H groups in total. The largest absolute Gasteiger partial charge is 0.311 e. The third kappa shape index (κ3) is 2.85. The monoisotopic (exact) mass is 238 g/mol. The third-order valence-corrected chi connectivity index (χ3v) is 4.81. The van der Waals surface area contributed by atoms with E-state index in [1.165, 1.54) is 32.4 Å². The summed E-state index contributed by atoms with van der Waals surface area (Å²) in [5.41, 5.74) is 0.383. The van der Waals surface area contributed by atoms with Crippen LogP contribution in [-0.2, 0) is 0 Å². The average molecular weight is 238 g/mol. The maximum Gasteiger partial charge on any atom is 0.0244 e. The molecule has 1 heterocycles. The normalized spacial score (nSPS) is 39.4. The predicted molar refractivity (Wildman–Crippen MR) is 74.2 cm³/mol. The summed E-state index contributed by atoms with van der Waals surface area (Å²) in [6, 6.07) is 2.33. The van der Waals surface area contributed by atoms with E-state index in [1.54, 1.807) is 0 Å². The van der Waals surface area contributed by atoms with E-state index in [-0.39, 0.29) is 0 Å². The Morgan fingerprint density at radius 3 is 2.35 bits per heavy atom. The molecule has 1 saturated heterocycles. The van der Waals surface area contributed by atoms with E-state index in [2.05, 4.69) is 44.8 Å². The second kappa shape index (κ2) is 4.89. The Balaban J connectivity index is 2.00. The maximum atomic E-state index is 3.76. The second-order valence-electron chi connectivity index (χ2n) is 7.06. The van der Waals surface area contributed by atoms with Crippen LogP contribution < -0.4 is 5.32 Å². The molecular formula is C15H30N2. The van der Waals surface area contributed by atoms with Gasteiger partial charge in [0.1, 0.15) is 0 Å². The van der Waals surface area contributed by atoms with Crippen LogP contribution in [0.5, 0.6) is 0 Å². The molecule has 0 spiro atoms. The fourth-order valence-electron chi connectivity index (χ4n) is 3.26. The summed E-state index contributed by atoms with van der Waals surface area (Å²) in [7, 11) is 0. The fraction of sp³-hybridized carbons (Fsp3) is 1.00. The average Bonchev–Trinajstić information content (AvgIpc) is 3.06. The topological polar surface area (TPSA) is 15.3 Å². The molecule has 0 amide bonds. The molecule has 2 aliphatic rings. The molecule has 4 atom stereocenters. The van der Waals surface area contributed by atoms with Crippen molar-refractivity contribution in [2.75, 3.05) is 13.1 Å². The van der Waals surface area contributed by atoms with Crippen LogP contribution in [0.3, 0.4) is 0 Å². The molecule has 0 bridgehead atoms. The van der Waals surface area contributed by atoms with E-state index in [0.29, 0.717) is 11.5 Å². The molecule has 2 rings (SSSR count). The van der Waals surface area contributed by atoms with Gasteiger partial charge in [0.2, 0.25) is 0 Å². The lowest BCUT2D eigenvalue weighted by molar-refractivity contribution is 0.0726. The summed E-state index contributed by atoms with van der Waals surface area (Å²) in [6.07, 6.45) is 4.10. The zero-order valence-corrected chi connectivity index (χ0v) is 12.3. The number of hydrogen-bond donors (Lipinski definition) is 1. The predicted octanol–water partition coefficient (Wildman–Crippen LogP) is 2.88. The van der Waals surface area contributed by atoms with Gasteiger partial charge in [-0.15, -0.1) is 0 Å². The summed E-state index contributed by atoms with van der Waals surface area (Å²) in [6.45, 7) is 14.2. The van der Waals surface area contributed by atoms with Crippen LogP contribution >= 0.6 is 0 Å². The van der Waals surface area contributed by atoms with Gasteiger partial charge in [0.05, 0.1) is 0 Å². The van der Waals surface area contributed by atoms with Crippen molar-refractivity contribution in [3.63, 3.8) is 0 Å². The van der Waals surface area contributed by atoms with E-state index < -0.39 is 0 Å². The molecule has 1 aliphatic heterocycles. The first-order chi connectivity index (χ1) is 7.97. The number of nitrogens with one attached hydrogen (secondary N) is 1. The van der Waals surface area contributed by atoms with Gasteiger partial charge in [0, 0.05) is 31.2 Å². The van der Waals surface area contributed by atoms with Crippen LogP contribution in [0.2, 0.25) is 0 Å². The molecule has 0 aromatic carbocycles. The number of nitrogens with zero attached hydrogens (tertiary/aromatic N) is 1. The van der Waals surface area contributed by atoms with Gasteiger partial charge in [0.15, 0.2) is 0 Å². The Bertz CT molecular complexity index is 256. The van der Waals surface area contributed by atoms with Crippen LogP contribution in [0.1, 0.15) is 53.9 Å². The molecule has 100 valence electrons. The Morgan fingerprint density at radius 2 is 1.88 bits per heavy atom. The smallest absolute Gasteiger partial charge is 0.0244 e. The molecule has 2 heteroatoms. The summed E-state index contributed by atoms with van der Waals surface area (Å²) < 4.78 is 0. The van der Waals surface area contributed by atoms with Crippen LogP contribution in [0.25, 0.3) is 0 Å². The van der Waals surface area contributed by atoms with Crippen molar-refractivity contribution >= 4 is 0 Å². The van der Waals surface area contributed by atoms with Gasteiger partial charge >= 0.3 is 0 Å². The Kier molecular flexibility index (Phi) is 3.84. The summed E-state index contributed by atoms with van der Waals surface area (Å²) in [4.78, 5) is 2.82. The van der Waals surface area contributed by atoms with Gasteiger partial charge in [0.25, 0.3) is 0 Å². The first-order valence-electron chi connectivity index (χ1n) is 7.46. The SMILES string of the molecule is CCC1CC1N1CC(C(C)(C)C)NCC1CC. The van der Waals surface area contributed by atoms with Crippen LogP contribution in [-0.4, -0.2) is 36.1 Å². The highest BCUT2D eigenvalue weighted by Gasteiger charge is 2.45. The van der Waals surface area contributed by atoms with E-state index in [0.717, 1.165) is 18.0 Å². The van der Waals surface area contributed by atoms with Crippen molar-refractivity contribution in [3.05, 3.63) is 0 Å². The zero-order chi connectivity index (χ0) is 12.6. The first-order valence-corrected chi connectivity index (χ1v) is 7.46. The van der Waals surface area contributed by atoms with Crippen LogP contribution in [0.4, 0.5) is 0 Å². The standard InChI is InChI=1S/C15H30N2/c1-6-11-8-13(11)17-10-14(15(3,4)5)16-9-12(17)7-2/h11-14,16H,6-10H2,1-5H3. The summed E-state index contributed by atoms with van der Waals surface area (Å²) in [5.74, 6) is 0.989. The van der Waals surface area contributed by atoms with Crippen LogP contribution in [0.15, 0.2) is 0 Å². The fourth-order valence-corrected chi connectivity index (χ4v) is 3.26. The molecule has 0 aromatic rings. The minimum absolute atomic E-state index is 0.383. The highest BCUT2D eigenvalue weighted by molar-refractivity contribution is 5.01. The van der Waals surface area contributed by atoms with Crippen molar-refractivity contribution in [1.82, 2.24) is 10.2 Å². The number of hydrogen-bond acceptors (Lipinski definition) is 2. The lowest BCUT2D eigenvalue weighted by atomic mass is 9.84. The molecule has 1 saturated carbocycles. The van der Waals surface area contributed by atoms with Gasteiger partial charge in [-0.1, -0.05) is 41.0 Å². The summed E-state index contributed by atoms with van der Waals surface area (Å²) >= 11 is 0. The highest BCUT2D eigenvalue weighted by atomic mass is 15.3. The van der Waals surface area contributed by atoms with Gasteiger partial charge in [-0.05, 0) is 24.2 Å². The molecule has 0 aromatic heterocycles. The molecule has 1 aliphatic carbocycles. The van der Waals surface area contributed by atoms with Gasteiger partial charge in [-0.3, -0.25) is 4.90 Å². The van der Waals surface area contributed by atoms with Gasteiger partial charge in [-0.2, -0.15) is 0 Å². The van der Waals surface area contributed by atoms with E-state index in [4.69, 9.17) is 0 Å². The Hall–Kier alpha value is -0.0800. The second-order valence-corrected chi connectivity index (χ2v) is 7.06.